The summed E-state index contributed by atoms with van der Waals surface area (Å²) in [6, 6.07) is -0.790. The Hall–Kier alpha value is 0.260. The molecule has 1 aliphatic rings. The van der Waals surface area contributed by atoms with Gasteiger partial charge in [0.1, 0.15) is 11.8 Å². The van der Waals surface area contributed by atoms with Gasteiger partial charge in [-0.05, 0) is 19.7 Å². The second-order valence-electron chi connectivity index (χ2n) is 4.57. The summed E-state index contributed by atoms with van der Waals surface area (Å²) in [6.07, 6.45) is -2.04. The summed E-state index contributed by atoms with van der Waals surface area (Å²) < 4.78 is 41.3. The summed E-state index contributed by atoms with van der Waals surface area (Å²) in [5.74, 6) is -2.90. The molecule has 0 saturated carbocycles. The van der Waals surface area contributed by atoms with Crippen molar-refractivity contribution in [3.63, 3.8) is 0 Å². The van der Waals surface area contributed by atoms with Gasteiger partial charge in [0.25, 0.3) is 10.1 Å². The molecule has 1 heterocycles. The molecule has 20 heavy (non-hydrogen) atoms. The number of hydrogen-bond acceptors (Lipinski definition) is 7. The van der Waals surface area contributed by atoms with E-state index in [1.807, 2.05) is 0 Å². The smallest absolute Gasteiger partial charge is 0.862 e. The molecule has 0 aliphatic carbocycles. The van der Waals surface area contributed by atoms with E-state index >= 15 is 0 Å². The average Bonchev–Trinajstić information content (AvgIpc) is 2.21. The molecule has 8 nitrogen and oxygen atoms in total. The van der Waals surface area contributed by atoms with Crippen LogP contribution in [0.25, 0.3) is 0 Å². The zero-order valence-electron chi connectivity index (χ0n) is 11.9. The van der Waals surface area contributed by atoms with Crippen molar-refractivity contribution in [1.29, 1.82) is 0 Å². The maximum atomic E-state index is 11.0. The molecule has 0 aromatic carbocycles. The fourth-order valence-corrected chi connectivity index (χ4v) is 3.03. The summed E-state index contributed by atoms with van der Waals surface area (Å²) in [6.45, 7) is 2.78. The number of rotatable bonds is 4. The Balaban J connectivity index is 0.00000361. The Morgan fingerprint density at radius 1 is 1.60 bits per heavy atom. The van der Waals surface area contributed by atoms with Crippen LogP contribution in [0, 0.1) is 0 Å². The van der Waals surface area contributed by atoms with E-state index in [9.17, 15) is 18.6 Å². The molecule has 1 unspecified atom stereocenters. The molecule has 0 spiro atoms. The average molecular weight is 319 g/mol. The van der Waals surface area contributed by atoms with Crippen LogP contribution in [0.15, 0.2) is 4.99 Å². The predicted molar refractivity (Wildman–Crippen MR) is 64.2 cm³/mol. The van der Waals surface area contributed by atoms with Gasteiger partial charge in [0.2, 0.25) is 0 Å². The molecule has 1 rings (SSSR count). The second-order valence-corrected chi connectivity index (χ2v) is 6.03. The van der Waals surface area contributed by atoms with E-state index in [1.54, 1.807) is 0 Å². The maximum Gasteiger partial charge on any atom is 1.00 e. The van der Waals surface area contributed by atoms with Crippen LogP contribution < -0.4 is 34.7 Å². The predicted octanol–water partition coefficient (Wildman–Crippen LogP) is -4.46. The normalized spacial score (nSPS) is 35.5. The van der Waals surface area contributed by atoms with E-state index in [-0.39, 0.29) is 36.0 Å². The minimum atomic E-state index is -4.34. The Morgan fingerprint density at radius 2 is 2.15 bits per heavy atom. The van der Waals surface area contributed by atoms with Crippen molar-refractivity contribution in [3.8, 4) is 0 Å². The van der Waals surface area contributed by atoms with E-state index in [0.717, 1.165) is 0 Å². The van der Waals surface area contributed by atoms with Gasteiger partial charge in [-0.2, -0.15) is 8.42 Å². The Morgan fingerprint density at radius 3 is 2.50 bits per heavy atom. The summed E-state index contributed by atoms with van der Waals surface area (Å²) in [4.78, 5) is 3.71. The van der Waals surface area contributed by atoms with Crippen LogP contribution in [0.1, 0.15) is 20.3 Å². The van der Waals surface area contributed by atoms with Crippen LogP contribution in [0.2, 0.25) is 0 Å². The monoisotopic (exact) mass is 319 g/mol. The minimum absolute atomic E-state index is 0. The Labute approximate surface area is 140 Å². The van der Waals surface area contributed by atoms with Crippen LogP contribution >= 0.6 is 0 Å². The number of aliphatic imine (C=N–C) groups is 1. The SMILES string of the molecule is COC1(CS(=O)(=O)O)C[C@H](O)[C@@H](N=C(C)[O-])[C@H](C)O1.[Na+]. The summed E-state index contributed by atoms with van der Waals surface area (Å²) >= 11 is 0. The van der Waals surface area contributed by atoms with Gasteiger partial charge in [-0.3, -0.25) is 9.55 Å². The van der Waals surface area contributed by atoms with Crippen molar-refractivity contribution >= 4 is 16.0 Å². The molecule has 0 aromatic rings. The Bertz CT molecular complexity index is 437. The summed E-state index contributed by atoms with van der Waals surface area (Å²) in [7, 11) is -3.12. The van der Waals surface area contributed by atoms with E-state index in [1.165, 1.54) is 21.0 Å². The third-order valence-electron chi connectivity index (χ3n) is 2.90. The van der Waals surface area contributed by atoms with Crippen molar-refractivity contribution < 1.29 is 62.2 Å². The van der Waals surface area contributed by atoms with Gasteiger partial charge in [-0.1, -0.05) is 0 Å². The first kappa shape index (κ1) is 20.3. The van der Waals surface area contributed by atoms with Crippen LogP contribution in [-0.4, -0.2) is 60.9 Å². The van der Waals surface area contributed by atoms with Gasteiger partial charge in [0, 0.05) is 13.5 Å². The van der Waals surface area contributed by atoms with Crippen molar-refractivity contribution in [2.24, 2.45) is 4.99 Å². The quantitative estimate of drug-likeness (QED) is 0.231. The van der Waals surface area contributed by atoms with Gasteiger partial charge in [-0.15, -0.1) is 0 Å². The zero-order chi connectivity index (χ0) is 14.8. The van der Waals surface area contributed by atoms with E-state index < -0.39 is 45.8 Å². The van der Waals surface area contributed by atoms with Crippen molar-refractivity contribution in [1.82, 2.24) is 0 Å². The van der Waals surface area contributed by atoms with Crippen molar-refractivity contribution in [2.45, 2.75) is 44.3 Å². The Kier molecular flexibility index (Phi) is 7.60. The molecule has 0 amide bonds. The molecule has 2 N–H and O–H groups in total. The van der Waals surface area contributed by atoms with Gasteiger partial charge in [-0.25, -0.2) is 0 Å². The van der Waals surface area contributed by atoms with Crippen molar-refractivity contribution in [2.75, 3.05) is 12.9 Å². The summed E-state index contributed by atoms with van der Waals surface area (Å²) in [5, 5.41) is 20.9. The number of ether oxygens (including phenoxy) is 2. The molecule has 112 valence electrons. The van der Waals surface area contributed by atoms with Gasteiger partial charge in [0.05, 0.1) is 12.2 Å². The molecule has 10 heteroatoms. The fourth-order valence-electron chi connectivity index (χ4n) is 2.17. The van der Waals surface area contributed by atoms with Crippen LogP contribution in [0.4, 0.5) is 0 Å². The van der Waals surface area contributed by atoms with E-state index in [2.05, 4.69) is 4.99 Å². The second kappa shape index (κ2) is 7.50. The zero-order valence-corrected chi connectivity index (χ0v) is 14.8. The van der Waals surface area contributed by atoms with Gasteiger partial charge in [0.15, 0.2) is 5.79 Å². The number of nitrogens with zero attached hydrogens (tertiary/aromatic N) is 1. The molecule has 4 atom stereocenters. The third-order valence-corrected chi connectivity index (χ3v) is 3.71. The van der Waals surface area contributed by atoms with Gasteiger partial charge < -0.3 is 19.7 Å². The summed E-state index contributed by atoms with van der Waals surface area (Å²) in [5.41, 5.74) is 0. The first-order valence-corrected chi connectivity index (χ1v) is 7.27. The molecular weight excluding hydrogens is 301 g/mol. The van der Waals surface area contributed by atoms with Crippen LogP contribution in [0.5, 0.6) is 0 Å². The first-order chi connectivity index (χ1) is 8.58. The van der Waals surface area contributed by atoms with E-state index in [4.69, 9.17) is 14.0 Å². The number of aliphatic hydroxyl groups excluding tert-OH is 1. The third kappa shape index (κ3) is 5.57. The maximum absolute atomic E-state index is 11.0. The number of hydrogen-bond donors (Lipinski definition) is 2. The molecule has 1 aliphatic heterocycles. The van der Waals surface area contributed by atoms with E-state index in [0.29, 0.717) is 0 Å². The molecule has 0 bridgehead atoms. The van der Waals surface area contributed by atoms with Crippen LogP contribution in [0.3, 0.4) is 0 Å². The molecule has 1 saturated heterocycles. The topological polar surface area (TPSA) is 128 Å². The van der Waals surface area contributed by atoms with Crippen molar-refractivity contribution in [3.05, 3.63) is 0 Å². The molecule has 0 radical (unpaired) electrons. The number of aliphatic hydroxyl groups is 1. The molecular formula is C10H18NNaO7S. The number of methoxy groups -OCH3 is 1. The van der Waals surface area contributed by atoms with Gasteiger partial charge >= 0.3 is 29.6 Å². The molecule has 1 fully saturated rings. The first-order valence-electron chi connectivity index (χ1n) is 5.66. The van der Waals surface area contributed by atoms with Crippen LogP contribution in [-0.2, 0) is 19.6 Å². The fraction of sp³-hybridized carbons (Fsp3) is 0.900. The standard InChI is InChI=1S/C10H19NO7S.Na/c1-6-9(11-7(2)12)8(13)4-10(17-3,18-6)5-19(14,15)16;/h6,8-9,13H,4-5H2,1-3H3,(H,11,12)(H,14,15,16);/q;+1/p-1/t6-,8-,9-,10?;/m0./s1. The minimum Gasteiger partial charge on any atom is -0.862 e. The molecule has 0 aromatic heterocycles. The largest absolute Gasteiger partial charge is 1.00 e.